The Morgan fingerprint density at radius 1 is 1.05 bits per heavy atom. The Kier molecular flexibility index (Phi) is 4.77. The van der Waals surface area contributed by atoms with Gasteiger partial charge in [0.25, 0.3) is 0 Å². The van der Waals surface area contributed by atoms with E-state index < -0.39 is 10.0 Å². The first-order valence-electron chi connectivity index (χ1n) is 6.74. The second-order valence-corrected chi connectivity index (χ2v) is 7.15. The van der Waals surface area contributed by atoms with E-state index in [1.165, 1.54) is 4.31 Å². The van der Waals surface area contributed by atoms with E-state index in [0.29, 0.717) is 18.0 Å². The predicted octanol–water partition coefficient (Wildman–Crippen LogP) is 2.27. The van der Waals surface area contributed by atoms with E-state index in [-0.39, 0.29) is 0 Å². The van der Waals surface area contributed by atoms with Crippen molar-refractivity contribution in [3.8, 4) is 0 Å². The van der Waals surface area contributed by atoms with Gasteiger partial charge in [0.05, 0.1) is 4.90 Å². The molecule has 0 fully saturated rings. The molecule has 0 bridgehead atoms. The van der Waals surface area contributed by atoms with E-state index in [1.54, 1.807) is 25.2 Å². The Hall–Kier alpha value is -1.69. The van der Waals surface area contributed by atoms with Crippen LogP contribution < -0.4 is 5.73 Å². The molecule has 21 heavy (non-hydrogen) atoms. The average molecular weight is 304 g/mol. The van der Waals surface area contributed by atoms with Crippen LogP contribution >= 0.6 is 0 Å². The van der Waals surface area contributed by atoms with Crippen molar-refractivity contribution in [2.24, 2.45) is 5.73 Å². The molecule has 5 heteroatoms. The van der Waals surface area contributed by atoms with Gasteiger partial charge in [-0.25, -0.2) is 8.42 Å². The molecule has 0 aliphatic heterocycles. The Morgan fingerprint density at radius 2 is 1.71 bits per heavy atom. The van der Waals surface area contributed by atoms with Crippen LogP contribution in [0.5, 0.6) is 0 Å². The van der Waals surface area contributed by atoms with Crippen molar-refractivity contribution in [2.45, 2.75) is 24.9 Å². The Morgan fingerprint density at radius 3 is 2.38 bits per heavy atom. The van der Waals surface area contributed by atoms with E-state index in [4.69, 9.17) is 5.73 Å². The first-order chi connectivity index (χ1) is 9.93. The normalized spacial score (nSPS) is 11.8. The average Bonchev–Trinajstić information content (AvgIpc) is 2.47. The topological polar surface area (TPSA) is 63.4 Å². The highest BCUT2D eigenvalue weighted by atomic mass is 32.2. The van der Waals surface area contributed by atoms with Crippen LogP contribution in [-0.4, -0.2) is 19.8 Å². The lowest BCUT2D eigenvalue weighted by atomic mass is 10.1. The highest BCUT2D eigenvalue weighted by Crippen LogP contribution is 2.18. The largest absolute Gasteiger partial charge is 0.326 e. The van der Waals surface area contributed by atoms with Gasteiger partial charge in [-0.15, -0.1) is 0 Å². The molecule has 2 aromatic carbocycles. The standard InChI is InChI=1S/C16H20N2O2S/c1-13-5-3-8-16(9-13)21(19,20)18(2)12-15-7-4-6-14(10-15)11-17/h3-10H,11-12,17H2,1-2H3. The second-order valence-electron chi connectivity index (χ2n) is 5.10. The molecule has 0 spiro atoms. The molecule has 0 amide bonds. The fourth-order valence-electron chi connectivity index (χ4n) is 2.15. The van der Waals surface area contributed by atoms with Crippen LogP contribution in [0.15, 0.2) is 53.4 Å². The summed E-state index contributed by atoms with van der Waals surface area (Å²) in [5.74, 6) is 0. The molecular formula is C16H20N2O2S. The monoisotopic (exact) mass is 304 g/mol. The molecule has 112 valence electrons. The summed E-state index contributed by atoms with van der Waals surface area (Å²) in [6.45, 7) is 2.65. The maximum Gasteiger partial charge on any atom is 0.243 e. The fraction of sp³-hybridized carbons (Fsp3) is 0.250. The number of nitrogens with zero attached hydrogens (tertiary/aromatic N) is 1. The lowest BCUT2D eigenvalue weighted by Crippen LogP contribution is -2.26. The van der Waals surface area contributed by atoms with Crippen LogP contribution in [0.4, 0.5) is 0 Å². The third kappa shape index (κ3) is 3.69. The lowest BCUT2D eigenvalue weighted by Gasteiger charge is -2.18. The molecule has 0 aliphatic carbocycles. The molecule has 0 radical (unpaired) electrons. The van der Waals surface area contributed by atoms with Gasteiger partial charge in [0.1, 0.15) is 0 Å². The molecule has 2 aromatic rings. The summed E-state index contributed by atoms with van der Waals surface area (Å²) in [6, 6.07) is 14.6. The van der Waals surface area contributed by atoms with E-state index in [2.05, 4.69) is 0 Å². The van der Waals surface area contributed by atoms with Gasteiger partial charge in [0, 0.05) is 20.1 Å². The molecule has 0 unspecified atom stereocenters. The summed E-state index contributed by atoms with van der Waals surface area (Å²) in [7, 11) is -1.89. The Labute approximate surface area is 126 Å². The number of aryl methyl sites for hydroxylation is 1. The Balaban J connectivity index is 2.24. The van der Waals surface area contributed by atoms with Gasteiger partial charge in [-0.2, -0.15) is 4.31 Å². The number of hydrogen-bond acceptors (Lipinski definition) is 3. The summed E-state index contributed by atoms with van der Waals surface area (Å²) in [6.07, 6.45) is 0. The molecule has 4 nitrogen and oxygen atoms in total. The SMILES string of the molecule is Cc1cccc(S(=O)(=O)N(C)Cc2cccc(CN)c2)c1. The lowest BCUT2D eigenvalue weighted by molar-refractivity contribution is 0.466. The molecular weight excluding hydrogens is 284 g/mol. The van der Waals surface area contributed by atoms with Gasteiger partial charge in [-0.3, -0.25) is 0 Å². The summed E-state index contributed by atoms with van der Waals surface area (Å²) < 4.78 is 26.4. The number of benzene rings is 2. The smallest absolute Gasteiger partial charge is 0.243 e. The quantitative estimate of drug-likeness (QED) is 0.921. The van der Waals surface area contributed by atoms with Gasteiger partial charge in [0.2, 0.25) is 10.0 Å². The van der Waals surface area contributed by atoms with Crippen molar-refractivity contribution in [3.05, 3.63) is 65.2 Å². The summed E-state index contributed by atoms with van der Waals surface area (Å²) in [5, 5.41) is 0. The van der Waals surface area contributed by atoms with E-state index in [0.717, 1.165) is 16.7 Å². The maximum atomic E-state index is 12.5. The molecule has 0 saturated carbocycles. The van der Waals surface area contributed by atoms with Crippen LogP contribution in [0.1, 0.15) is 16.7 Å². The highest BCUT2D eigenvalue weighted by Gasteiger charge is 2.20. The van der Waals surface area contributed by atoms with Crippen molar-refractivity contribution >= 4 is 10.0 Å². The molecule has 0 atom stereocenters. The van der Waals surface area contributed by atoms with Crippen LogP contribution in [0.25, 0.3) is 0 Å². The molecule has 2 rings (SSSR count). The summed E-state index contributed by atoms with van der Waals surface area (Å²) in [4.78, 5) is 0.319. The fourth-order valence-corrected chi connectivity index (χ4v) is 3.42. The summed E-state index contributed by atoms with van der Waals surface area (Å²) >= 11 is 0. The molecule has 0 aliphatic rings. The third-order valence-electron chi connectivity index (χ3n) is 3.33. The zero-order chi connectivity index (χ0) is 15.5. The molecule has 0 saturated heterocycles. The van der Waals surface area contributed by atoms with E-state index >= 15 is 0 Å². The maximum absolute atomic E-state index is 12.5. The minimum Gasteiger partial charge on any atom is -0.326 e. The highest BCUT2D eigenvalue weighted by molar-refractivity contribution is 7.89. The van der Waals surface area contributed by atoms with E-state index in [1.807, 2.05) is 37.3 Å². The van der Waals surface area contributed by atoms with Gasteiger partial charge in [-0.1, -0.05) is 36.4 Å². The number of hydrogen-bond donors (Lipinski definition) is 1. The van der Waals surface area contributed by atoms with Crippen molar-refractivity contribution < 1.29 is 8.42 Å². The van der Waals surface area contributed by atoms with Crippen molar-refractivity contribution in [1.29, 1.82) is 0 Å². The zero-order valence-electron chi connectivity index (χ0n) is 12.3. The van der Waals surface area contributed by atoms with Gasteiger partial charge in [0.15, 0.2) is 0 Å². The minimum atomic E-state index is -3.48. The van der Waals surface area contributed by atoms with E-state index in [9.17, 15) is 8.42 Å². The second kappa shape index (κ2) is 6.39. The van der Waals surface area contributed by atoms with Crippen molar-refractivity contribution in [3.63, 3.8) is 0 Å². The van der Waals surface area contributed by atoms with Gasteiger partial charge >= 0.3 is 0 Å². The number of nitrogens with two attached hydrogens (primary N) is 1. The van der Waals surface area contributed by atoms with Crippen molar-refractivity contribution in [2.75, 3.05) is 7.05 Å². The Bertz CT molecular complexity index is 727. The zero-order valence-corrected chi connectivity index (χ0v) is 13.1. The van der Waals surface area contributed by atoms with Crippen LogP contribution in [0.3, 0.4) is 0 Å². The number of sulfonamides is 1. The first-order valence-corrected chi connectivity index (χ1v) is 8.18. The van der Waals surface area contributed by atoms with Crippen molar-refractivity contribution in [1.82, 2.24) is 4.31 Å². The minimum absolute atomic E-state index is 0.319. The van der Waals surface area contributed by atoms with Crippen LogP contribution in [-0.2, 0) is 23.1 Å². The summed E-state index contributed by atoms with van der Waals surface area (Å²) in [5.41, 5.74) is 8.46. The van der Waals surface area contributed by atoms with Crippen LogP contribution in [0.2, 0.25) is 0 Å². The van der Waals surface area contributed by atoms with Gasteiger partial charge < -0.3 is 5.73 Å². The first kappa shape index (κ1) is 15.7. The molecule has 0 aromatic heterocycles. The third-order valence-corrected chi connectivity index (χ3v) is 5.13. The predicted molar refractivity (Wildman–Crippen MR) is 84.2 cm³/mol. The molecule has 2 N–H and O–H groups in total. The molecule has 0 heterocycles. The van der Waals surface area contributed by atoms with Gasteiger partial charge in [-0.05, 0) is 35.7 Å². The number of rotatable bonds is 5. The van der Waals surface area contributed by atoms with Crippen LogP contribution in [0, 0.1) is 6.92 Å².